The molecule has 1 unspecified atom stereocenters. The Labute approximate surface area is 115 Å². The maximum absolute atomic E-state index is 9.38. The molecule has 0 aromatic carbocycles. The molecule has 2 rings (SSSR count). The largest absolute Gasteiger partial charge is 0.394 e. The van der Waals surface area contributed by atoms with Crippen LogP contribution in [-0.2, 0) is 6.54 Å². The molecular formula is C11H15ClN2OS2. The van der Waals surface area contributed by atoms with E-state index in [4.69, 9.17) is 0 Å². The summed E-state index contributed by atoms with van der Waals surface area (Å²) in [6.07, 6.45) is 0. The van der Waals surface area contributed by atoms with Gasteiger partial charge in [0, 0.05) is 16.8 Å². The van der Waals surface area contributed by atoms with E-state index in [1.54, 1.807) is 22.7 Å². The summed E-state index contributed by atoms with van der Waals surface area (Å²) in [4.78, 5) is 5.41. The predicted molar refractivity (Wildman–Crippen MR) is 75.1 cm³/mol. The summed E-state index contributed by atoms with van der Waals surface area (Å²) in [5.41, 5.74) is 4.08. The van der Waals surface area contributed by atoms with E-state index in [0.717, 1.165) is 5.69 Å². The zero-order chi connectivity index (χ0) is 11.4. The van der Waals surface area contributed by atoms with Crippen LogP contribution in [0.15, 0.2) is 22.3 Å². The third-order valence-electron chi connectivity index (χ3n) is 2.41. The third-order valence-corrected chi connectivity index (χ3v) is 4.18. The molecule has 0 bridgehead atoms. The van der Waals surface area contributed by atoms with Crippen LogP contribution in [-0.4, -0.2) is 16.7 Å². The lowest BCUT2D eigenvalue weighted by Crippen LogP contribution is -2.23. The van der Waals surface area contributed by atoms with Crippen molar-refractivity contribution >= 4 is 35.1 Å². The number of rotatable bonds is 5. The summed E-state index contributed by atoms with van der Waals surface area (Å²) in [6, 6.07) is 2.09. The number of hydrogen-bond donors (Lipinski definition) is 2. The first-order chi connectivity index (χ1) is 7.81. The number of hydrogen-bond acceptors (Lipinski definition) is 5. The van der Waals surface area contributed by atoms with Crippen LogP contribution in [0.4, 0.5) is 0 Å². The van der Waals surface area contributed by atoms with Gasteiger partial charge >= 0.3 is 0 Å². The van der Waals surface area contributed by atoms with Crippen molar-refractivity contribution in [1.29, 1.82) is 0 Å². The molecule has 0 amide bonds. The van der Waals surface area contributed by atoms with Gasteiger partial charge in [0.05, 0.1) is 23.9 Å². The average Bonchev–Trinajstić information content (AvgIpc) is 2.92. The van der Waals surface area contributed by atoms with Gasteiger partial charge in [0.1, 0.15) is 0 Å². The SMILES string of the molecule is Cc1ccsc1C(CO)NCc1cscn1.Cl. The zero-order valence-electron chi connectivity index (χ0n) is 9.42. The highest BCUT2D eigenvalue weighted by molar-refractivity contribution is 7.10. The topological polar surface area (TPSA) is 45.1 Å². The van der Waals surface area contributed by atoms with Gasteiger partial charge in [-0.05, 0) is 23.9 Å². The molecule has 1 atom stereocenters. The van der Waals surface area contributed by atoms with Gasteiger partial charge in [-0.25, -0.2) is 4.98 Å². The molecule has 6 heteroatoms. The first kappa shape index (κ1) is 14.6. The number of aryl methyl sites for hydroxylation is 1. The Morgan fingerprint density at radius 3 is 2.88 bits per heavy atom. The number of aliphatic hydroxyl groups is 1. The Balaban J connectivity index is 0.00000144. The molecule has 17 heavy (non-hydrogen) atoms. The molecule has 0 radical (unpaired) electrons. The monoisotopic (exact) mass is 290 g/mol. The molecule has 3 nitrogen and oxygen atoms in total. The fourth-order valence-corrected chi connectivity index (χ4v) is 3.09. The maximum atomic E-state index is 9.38. The van der Waals surface area contributed by atoms with E-state index in [0.29, 0.717) is 6.54 Å². The van der Waals surface area contributed by atoms with Crippen LogP contribution >= 0.6 is 35.1 Å². The van der Waals surface area contributed by atoms with Crippen LogP contribution in [0.25, 0.3) is 0 Å². The van der Waals surface area contributed by atoms with Crippen LogP contribution in [0.1, 0.15) is 22.2 Å². The highest BCUT2D eigenvalue weighted by atomic mass is 35.5. The van der Waals surface area contributed by atoms with E-state index < -0.39 is 0 Å². The van der Waals surface area contributed by atoms with E-state index in [9.17, 15) is 5.11 Å². The average molecular weight is 291 g/mol. The van der Waals surface area contributed by atoms with Crippen molar-refractivity contribution in [2.24, 2.45) is 0 Å². The minimum atomic E-state index is 0. The maximum Gasteiger partial charge on any atom is 0.0795 e. The van der Waals surface area contributed by atoms with Gasteiger partial charge in [0.2, 0.25) is 0 Å². The summed E-state index contributed by atoms with van der Waals surface area (Å²) in [7, 11) is 0. The van der Waals surface area contributed by atoms with Gasteiger partial charge in [-0.1, -0.05) is 0 Å². The van der Waals surface area contributed by atoms with Gasteiger partial charge in [-0.3, -0.25) is 0 Å². The molecule has 0 aliphatic heterocycles. The van der Waals surface area contributed by atoms with Crippen molar-refractivity contribution < 1.29 is 5.11 Å². The molecule has 0 saturated carbocycles. The molecule has 0 aliphatic carbocycles. The Morgan fingerprint density at radius 1 is 1.53 bits per heavy atom. The Hall–Kier alpha value is -0.460. The molecule has 0 aliphatic rings. The fourth-order valence-electron chi connectivity index (χ4n) is 1.53. The molecular weight excluding hydrogens is 276 g/mol. The normalized spacial score (nSPS) is 12.1. The number of nitrogens with one attached hydrogen (secondary N) is 1. The molecule has 2 aromatic heterocycles. The second kappa shape index (κ2) is 7.08. The van der Waals surface area contributed by atoms with Gasteiger partial charge in [0.25, 0.3) is 0 Å². The lowest BCUT2D eigenvalue weighted by Gasteiger charge is -2.15. The standard InChI is InChI=1S/C11H14N2OS2.ClH/c1-8-2-3-16-11(8)10(5-14)12-4-9-6-15-7-13-9;/h2-3,6-7,10,12,14H,4-5H2,1H3;1H. The van der Waals surface area contributed by atoms with Crippen LogP contribution in [0, 0.1) is 6.92 Å². The van der Waals surface area contributed by atoms with Crippen molar-refractivity contribution in [2.45, 2.75) is 19.5 Å². The van der Waals surface area contributed by atoms with Crippen molar-refractivity contribution in [1.82, 2.24) is 10.3 Å². The number of aromatic nitrogens is 1. The smallest absolute Gasteiger partial charge is 0.0795 e. The number of thiazole rings is 1. The van der Waals surface area contributed by atoms with Crippen LogP contribution in [0.3, 0.4) is 0 Å². The fraction of sp³-hybridized carbons (Fsp3) is 0.364. The predicted octanol–water partition coefficient (Wildman–Crippen LogP) is 2.76. The van der Waals surface area contributed by atoms with Gasteiger partial charge < -0.3 is 10.4 Å². The molecule has 2 heterocycles. The first-order valence-corrected chi connectivity index (χ1v) is 6.89. The van der Waals surface area contributed by atoms with Gasteiger partial charge in [0.15, 0.2) is 0 Å². The second-order valence-electron chi connectivity index (χ2n) is 3.56. The second-order valence-corrected chi connectivity index (χ2v) is 5.23. The Morgan fingerprint density at radius 2 is 2.35 bits per heavy atom. The number of aliphatic hydroxyl groups excluding tert-OH is 1. The lowest BCUT2D eigenvalue weighted by molar-refractivity contribution is 0.245. The number of thiophene rings is 1. The summed E-state index contributed by atoms with van der Waals surface area (Å²) in [5, 5.41) is 16.8. The zero-order valence-corrected chi connectivity index (χ0v) is 11.9. The highest BCUT2D eigenvalue weighted by Crippen LogP contribution is 2.23. The molecule has 94 valence electrons. The quantitative estimate of drug-likeness (QED) is 0.890. The van der Waals surface area contributed by atoms with E-state index in [-0.39, 0.29) is 25.1 Å². The van der Waals surface area contributed by atoms with E-state index in [1.807, 2.05) is 10.9 Å². The lowest BCUT2D eigenvalue weighted by atomic mass is 10.2. The third kappa shape index (κ3) is 3.76. The summed E-state index contributed by atoms with van der Waals surface area (Å²) in [6.45, 7) is 2.89. The van der Waals surface area contributed by atoms with Gasteiger partial charge in [-0.2, -0.15) is 0 Å². The first-order valence-electron chi connectivity index (χ1n) is 5.06. The van der Waals surface area contributed by atoms with Crippen molar-refractivity contribution in [3.63, 3.8) is 0 Å². The molecule has 2 N–H and O–H groups in total. The summed E-state index contributed by atoms with van der Waals surface area (Å²) < 4.78 is 0. The number of halogens is 1. The Bertz CT molecular complexity index is 430. The van der Waals surface area contributed by atoms with Gasteiger partial charge in [-0.15, -0.1) is 35.1 Å². The van der Waals surface area contributed by atoms with Crippen LogP contribution < -0.4 is 5.32 Å². The summed E-state index contributed by atoms with van der Waals surface area (Å²) >= 11 is 3.27. The molecule has 0 saturated heterocycles. The highest BCUT2D eigenvalue weighted by Gasteiger charge is 2.13. The van der Waals surface area contributed by atoms with Crippen molar-refractivity contribution in [2.75, 3.05) is 6.61 Å². The molecule has 0 fully saturated rings. The van der Waals surface area contributed by atoms with Crippen LogP contribution in [0.2, 0.25) is 0 Å². The summed E-state index contributed by atoms with van der Waals surface area (Å²) in [5.74, 6) is 0. The van der Waals surface area contributed by atoms with E-state index >= 15 is 0 Å². The van der Waals surface area contributed by atoms with E-state index in [1.165, 1.54) is 10.4 Å². The Kier molecular flexibility index (Phi) is 6.08. The van der Waals surface area contributed by atoms with Crippen molar-refractivity contribution in [3.05, 3.63) is 38.5 Å². The minimum Gasteiger partial charge on any atom is -0.394 e. The van der Waals surface area contributed by atoms with E-state index in [2.05, 4.69) is 28.7 Å². The molecule has 2 aromatic rings. The number of nitrogens with zero attached hydrogens (tertiary/aromatic N) is 1. The van der Waals surface area contributed by atoms with Crippen molar-refractivity contribution in [3.8, 4) is 0 Å². The molecule has 0 spiro atoms. The minimum absolute atomic E-state index is 0. The van der Waals surface area contributed by atoms with Crippen LogP contribution in [0.5, 0.6) is 0 Å².